The molecule has 0 aliphatic rings. The van der Waals surface area contributed by atoms with E-state index in [1.807, 2.05) is 23.8 Å². The summed E-state index contributed by atoms with van der Waals surface area (Å²) in [4.78, 5) is 8.84. The van der Waals surface area contributed by atoms with Crippen molar-refractivity contribution in [2.75, 3.05) is 5.73 Å². The van der Waals surface area contributed by atoms with Crippen LogP contribution in [0.5, 0.6) is 0 Å². The molecule has 2 heterocycles. The predicted molar refractivity (Wildman–Crippen MR) is 82.1 cm³/mol. The van der Waals surface area contributed by atoms with Crippen molar-refractivity contribution < 1.29 is 0 Å². The van der Waals surface area contributed by atoms with Crippen molar-refractivity contribution in [2.45, 2.75) is 26.7 Å². The highest BCUT2D eigenvalue weighted by Crippen LogP contribution is 2.23. The Morgan fingerprint density at radius 2 is 1.85 bits per heavy atom. The number of imidazole rings is 1. The number of aryl methyl sites for hydroxylation is 1. The first-order valence-corrected chi connectivity index (χ1v) is 6.77. The molecule has 102 valence electrons. The zero-order valence-corrected chi connectivity index (χ0v) is 12.0. The quantitative estimate of drug-likeness (QED) is 0.773. The van der Waals surface area contributed by atoms with Crippen LogP contribution in [0.4, 0.5) is 5.95 Å². The van der Waals surface area contributed by atoms with E-state index in [1.165, 1.54) is 5.56 Å². The smallest absolute Gasteiger partial charge is 0.207 e. The lowest BCUT2D eigenvalue weighted by atomic mass is 10.0. The van der Waals surface area contributed by atoms with Gasteiger partial charge in [-0.1, -0.05) is 26.0 Å². The molecule has 4 nitrogen and oxygen atoms in total. The van der Waals surface area contributed by atoms with Crippen LogP contribution in [0, 0.1) is 6.92 Å². The number of rotatable bonds is 2. The standard InChI is InChI=1S/C16H18N4/c1-10(2)12-4-6-13(7-5-12)20-15-14(19-16(20)17)8-11(3)9-18-15/h4-10H,1-3H3,(H2,17,19). The van der Waals surface area contributed by atoms with E-state index in [2.05, 4.69) is 48.1 Å². The van der Waals surface area contributed by atoms with Gasteiger partial charge in [0.25, 0.3) is 0 Å². The SMILES string of the molecule is Cc1cnc2c(c1)nc(N)n2-c1ccc(C(C)C)cc1. The Morgan fingerprint density at radius 1 is 1.15 bits per heavy atom. The molecular formula is C16H18N4. The van der Waals surface area contributed by atoms with Crippen LogP contribution in [0.15, 0.2) is 36.5 Å². The van der Waals surface area contributed by atoms with Crippen LogP contribution < -0.4 is 5.73 Å². The van der Waals surface area contributed by atoms with Gasteiger partial charge in [0.2, 0.25) is 5.95 Å². The fraction of sp³-hybridized carbons (Fsp3) is 0.250. The lowest BCUT2D eigenvalue weighted by Crippen LogP contribution is -2.01. The van der Waals surface area contributed by atoms with Crippen LogP contribution in [0.3, 0.4) is 0 Å². The third kappa shape index (κ3) is 2.03. The number of fused-ring (bicyclic) bond motifs is 1. The van der Waals surface area contributed by atoms with Crippen LogP contribution in [0.1, 0.15) is 30.9 Å². The lowest BCUT2D eigenvalue weighted by molar-refractivity contribution is 0.865. The fourth-order valence-electron chi connectivity index (χ4n) is 2.35. The second-order valence-corrected chi connectivity index (χ2v) is 5.41. The molecule has 0 unspecified atom stereocenters. The van der Waals surface area contributed by atoms with Gasteiger partial charge in [-0.2, -0.15) is 0 Å². The highest BCUT2D eigenvalue weighted by molar-refractivity contribution is 5.77. The molecule has 0 fully saturated rings. The molecule has 3 rings (SSSR count). The average molecular weight is 266 g/mol. The summed E-state index contributed by atoms with van der Waals surface area (Å²) < 4.78 is 1.89. The number of nitrogens with two attached hydrogens (primary N) is 1. The number of nitrogen functional groups attached to an aromatic ring is 1. The Morgan fingerprint density at radius 3 is 2.50 bits per heavy atom. The van der Waals surface area contributed by atoms with Crippen LogP contribution in [-0.2, 0) is 0 Å². The highest BCUT2D eigenvalue weighted by atomic mass is 15.2. The van der Waals surface area contributed by atoms with Gasteiger partial charge in [0.05, 0.1) is 5.69 Å². The number of nitrogens with zero attached hydrogens (tertiary/aromatic N) is 3. The molecule has 0 atom stereocenters. The van der Waals surface area contributed by atoms with E-state index in [4.69, 9.17) is 5.73 Å². The lowest BCUT2D eigenvalue weighted by Gasteiger charge is -2.09. The number of benzene rings is 1. The Balaban J connectivity index is 2.16. The van der Waals surface area contributed by atoms with E-state index < -0.39 is 0 Å². The number of hydrogen-bond donors (Lipinski definition) is 1. The minimum Gasteiger partial charge on any atom is -0.369 e. The zero-order valence-electron chi connectivity index (χ0n) is 12.0. The normalized spacial score (nSPS) is 11.4. The first-order valence-electron chi connectivity index (χ1n) is 6.77. The van der Waals surface area contributed by atoms with Crippen molar-refractivity contribution in [3.05, 3.63) is 47.7 Å². The summed E-state index contributed by atoms with van der Waals surface area (Å²) in [6.07, 6.45) is 1.84. The first-order chi connectivity index (χ1) is 9.56. The van der Waals surface area contributed by atoms with Gasteiger partial charge in [0.1, 0.15) is 5.52 Å². The molecule has 0 aliphatic carbocycles. The molecule has 20 heavy (non-hydrogen) atoms. The van der Waals surface area contributed by atoms with E-state index in [0.717, 1.165) is 22.4 Å². The summed E-state index contributed by atoms with van der Waals surface area (Å²) in [5, 5.41) is 0. The average Bonchev–Trinajstić information content (AvgIpc) is 2.73. The van der Waals surface area contributed by atoms with Crippen molar-refractivity contribution in [1.29, 1.82) is 0 Å². The molecule has 4 heteroatoms. The van der Waals surface area contributed by atoms with Crippen molar-refractivity contribution in [2.24, 2.45) is 0 Å². The molecule has 3 aromatic rings. The second kappa shape index (κ2) is 4.63. The summed E-state index contributed by atoms with van der Waals surface area (Å²) in [5.74, 6) is 0.983. The first kappa shape index (κ1) is 12.7. The van der Waals surface area contributed by atoms with Crippen LogP contribution in [0.25, 0.3) is 16.9 Å². The van der Waals surface area contributed by atoms with Crippen molar-refractivity contribution in [3.8, 4) is 5.69 Å². The summed E-state index contributed by atoms with van der Waals surface area (Å²) in [7, 11) is 0. The number of anilines is 1. The van der Waals surface area contributed by atoms with Crippen molar-refractivity contribution in [3.63, 3.8) is 0 Å². The number of pyridine rings is 1. The third-order valence-electron chi connectivity index (χ3n) is 3.48. The number of hydrogen-bond acceptors (Lipinski definition) is 3. The Kier molecular flexibility index (Phi) is 2.93. The molecule has 2 aromatic heterocycles. The Bertz CT molecular complexity index is 754. The van der Waals surface area contributed by atoms with E-state index in [0.29, 0.717) is 11.9 Å². The van der Waals surface area contributed by atoms with Crippen LogP contribution >= 0.6 is 0 Å². The van der Waals surface area contributed by atoms with Crippen LogP contribution in [-0.4, -0.2) is 14.5 Å². The fourth-order valence-corrected chi connectivity index (χ4v) is 2.35. The zero-order chi connectivity index (χ0) is 14.3. The van der Waals surface area contributed by atoms with Gasteiger partial charge in [-0.05, 0) is 42.2 Å². The van der Waals surface area contributed by atoms with Crippen LogP contribution in [0.2, 0.25) is 0 Å². The maximum Gasteiger partial charge on any atom is 0.207 e. The van der Waals surface area contributed by atoms with Crippen molar-refractivity contribution >= 4 is 17.1 Å². The maximum absolute atomic E-state index is 6.05. The summed E-state index contributed by atoms with van der Waals surface area (Å²) in [5.41, 5.74) is 11.0. The molecule has 0 saturated heterocycles. The predicted octanol–water partition coefficient (Wildman–Crippen LogP) is 3.43. The molecule has 0 saturated carbocycles. The largest absolute Gasteiger partial charge is 0.369 e. The Labute approximate surface area is 118 Å². The molecule has 0 radical (unpaired) electrons. The van der Waals surface area contributed by atoms with E-state index in [9.17, 15) is 0 Å². The van der Waals surface area contributed by atoms with Gasteiger partial charge in [-0.25, -0.2) is 9.97 Å². The highest BCUT2D eigenvalue weighted by Gasteiger charge is 2.11. The monoisotopic (exact) mass is 266 g/mol. The molecular weight excluding hydrogens is 248 g/mol. The molecule has 0 spiro atoms. The van der Waals surface area contributed by atoms with Crippen molar-refractivity contribution in [1.82, 2.24) is 14.5 Å². The van der Waals surface area contributed by atoms with Gasteiger partial charge in [0, 0.05) is 6.20 Å². The van der Waals surface area contributed by atoms with E-state index >= 15 is 0 Å². The molecule has 0 aliphatic heterocycles. The topological polar surface area (TPSA) is 56.7 Å². The summed E-state index contributed by atoms with van der Waals surface area (Å²) >= 11 is 0. The van der Waals surface area contributed by atoms with Gasteiger partial charge in [-0.3, -0.25) is 4.57 Å². The van der Waals surface area contributed by atoms with E-state index in [-0.39, 0.29) is 0 Å². The van der Waals surface area contributed by atoms with E-state index in [1.54, 1.807) is 0 Å². The molecule has 1 aromatic carbocycles. The van der Waals surface area contributed by atoms with Gasteiger partial charge in [-0.15, -0.1) is 0 Å². The third-order valence-corrected chi connectivity index (χ3v) is 3.48. The van der Waals surface area contributed by atoms with Gasteiger partial charge in [0.15, 0.2) is 5.65 Å². The number of aromatic nitrogens is 3. The molecule has 0 bridgehead atoms. The Hall–Kier alpha value is -2.36. The summed E-state index contributed by atoms with van der Waals surface area (Å²) in [6.45, 7) is 6.36. The maximum atomic E-state index is 6.05. The second-order valence-electron chi connectivity index (χ2n) is 5.41. The minimum absolute atomic E-state index is 0.468. The minimum atomic E-state index is 0.468. The molecule has 2 N–H and O–H groups in total. The summed E-state index contributed by atoms with van der Waals surface area (Å²) in [6, 6.07) is 10.4. The van der Waals surface area contributed by atoms with Gasteiger partial charge >= 0.3 is 0 Å². The molecule has 0 amide bonds. The van der Waals surface area contributed by atoms with Gasteiger partial charge < -0.3 is 5.73 Å².